The van der Waals surface area contributed by atoms with Crippen LogP contribution in [0.4, 0.5) is 5.69 Å². The zero-order valence-corrected chi connectivity index (χ0v) is 16.9. The van der Waals surface area contributed by atoms with Crippen LogP contribution < -0.4 is 15.0 Å². The molecule has 1 aliphatic rings. The molecule has 27 heavy (non-hydrogen) atoms. The number of anilines is 1. The highest BCUT2D eigenvalue weighted by atomic mass is 32.1. The van der Waals surface area contributed by atoms with E-state index in [4.69, 9.17) is 17.0 Å². The first kappa shape index (κ1) is 17.9. The first-order valence-electron chi connectivity index (χ1n) is 8.97. The number of thiophene rings is 1. The maximum absolute atomic E-state index is 5.73. The van der Waals surface area contributed by atoms with E-state index in [9.17, 15) is 0 Å². The monoisotopic (exact) mass is 395 g/mol. The second kappa shape index (κ2) is 7.66. The van der Waals surface area contributed by atoms with Crippen molar-refractivity contribution in [2.24, 2.45) is 0 Å². The fourth-order valence-corrected chi connectivity index (χ4v) is 4.76. The molecule has 1 fully saturated rings. The third-order valence-electron chi connectivity index (χ3n) is 4.58. The number of ether oxygens (including phenoxy) is 1. The van der Waals surface area contributed by atoms with Crippen LogP contribution in [-0.4, -0.2) is 16.7 Å². The van der Waals surface area contributed by atoms with Crippen LogP contribution in [0.1, 0.15) is 34.5 Å². The first-order valence-corrected chi connectivity index (χ1v) is 10.2. The lowest BCUT2D eigenvalue weighted by Crippen LogP contribution is -2.29. The van der Waals surface area contributed by atoms with Gasteiger partial charge in [-0.1, -0.05) is 6.07 Å². The minimum atomic E-state index is 0.00307. The molecule has 0 amide bonds. The van der Waals surface area contributed by atoms with Gasteiger partial charge >= 0.3 is 0 Å². The number of aromatic nitrogens is 1. The van der Waals surface area contributed by atoms with Crippen molar-refractivity contribution in [2.75, 3.05) is 11.5 Å². The Morgan fingerprint density at radius 2 is 1.96 bits per heavy atom. The molecule has 138 valence electrons. The number of aryl methyl sites for hydroxylation is 1. The number of thiocarbonyl (C=S) groups is 1. The number of hydrogen-bond acceptors (Lipinski definition) is 4. The van der Waals surface area contributed by atoms with Crippen molar-refractivity contribution in [3.8, 4) is 5.75 Å². The van der Waals surface area contributed by atoms with E-state index >= 15 is 0 Å². The zero-order valence-electron chi connectivity index (χ0n) is 15.3. The molecule has 6 heteroatoms. The van der Waals surface area contributed by atoms with E-state index in [2.05, 4.69) is 52.5 Å². The molecular formula is C21H21N3OS2. The molecule has 2 atom stereocenters. The van der Waals surface area contributed by atoms with E-state index in [0.29, 0.717) is 11.7 Å². The molecule has 0 saturated carbocycles. The minimum absolute atomic E-state index is 0.00307. The Kier molecular flexibility index (Phi) is 5.09. The molecule has 1 N–H and O–H groups in total. The maximum Gasteiger partial charge on any atom is 0.174 e. The molecule has 2 unspecified atom stereocenters. The highest BCUT2D eigenvalue weighted by molar-refractivity contribution is 7.80. The van der Waals surface area contributed by atoms with Gasteiger partial charge in [0.2, 0.25) is 0 Å². The summed E-state index contributed by atoms with van der Waals surface area (Å²) in [4.78, 5) is 9.32. The summed E-state index contributed by atoms with van der Waals surface area (Å²) in [5.41, 5.74) is 2.04. The predicted octanol–water partition coefficient (Wildman–Crippen LogP) is 5.03. The lowest BCUT2D eigenvalue weighted by molar-refractivity contribution is 0.340. The Labute approximate surface area is 168 Å². The van der Waals surface area contributed by atoms with Gasteiger partial charge in [-0.3, -0.25) is 4.98 Å². The van der Waals surface area contributed by atoms with Crippen LogP contribution in [0.5, 0.6) is 5.75 Å². The van der Waals surface area contributed by atoms with Gasteiger partial charge in [0, 0.05) is 21.6 Å². The van der Waals surface area contributed by atoms with Gasteiger partial charge in [0.05, 0.1) is 24.4 Å². The zero-order chi connectivity index (χ0) is 18.8. The van der Waals surface area contributed by atoms with E-state index in [1.807, 2.05) is 37.4 Å². The van der Waals surface area contributed by atoms with Crippen LogP contribution in [0.15, 0.2) is 60.8 Å². The highest BCUT2D eigenvalue weighted by Crippen LogP contribution is 2.43. The first-order chi connectivity index (χ1) is 13.2. The van der Waals surface area contributed by atoms with Gasteiger partial charge in [0.25, 0.3) is 0 Å². The van der Waals surface area contributed by atoms with Crippen molar-refractivity contribution >= 4 is 34.4 Å². The number of nitrogens with zero attached hydrogens (tertiary/aromatic N) is 2. The maximum atomic E-state index is 5.73. The average Bonchev–Trinajstić information content (AvgIpc) is 3.26. The number of benzene rings is 1. The Morgan fingerprint density at radius 3 is 2.59 bits per heavy atom. The molecule has 0 aliphatic carbocycles. The normalized spacial score (nSPS) is 19.2. The topological polar surface area (TPSA) is 37.4 Å². The van der Waals surface area contributed by atoms with Crippen LogP contribution in [0, 0.1) is 6.92 Å². The summed E-state index contributed by atoms with van der Waals surface area (Å²) >= 11 is 7.53. The Balaban J connectivity index is 1.75. The fraction of sp³-hybridized carbons (Fsp3) is 0.238. The van der Waals surface area contributed by atoms with Gasteiger partial charge in [0.15, 0.2) is 5.11 Å². The van der Waals surface area contributed by atoms with Gasteiger partial charge in [0.1, 0.15) is 5.75 Å². The molecule has 4 rings (SSSR count). The lowest BCUT2D eigenvalue weighted by atomic mass is 10.0. The van der Waals surface area contributed by atoms with Gasteiger partial charge in [-0.2, -0.15) is 0 Å². The van der Waals surface area contributed by atoms with Crippen molar-refractivity contribution in [3.63, 3.8) is 0 Å². The molecule has 1 aromatic carbocycles. The lowest BCUT2D eigenvalue weighted by Gasteiger charge is -2.27. The van der Waals surface area contributed by atoms with Crippen molar-refractivity contribution in [1.82, 2.24) is 10.3 Å². The molecular weight excluding hydrogens is 374 g/mol. The van der Waals surface area contributed by atoms with Gasteiger partial charge < -0.3 is 15.0 Å². The number of hydrogen-bond donors (Lipinski definition) is 1. The minimum Gasteiger partial charge on any atom is -0.494 e. The highest BCUT2D eigenvalue weighted by Gasteiger charge is 2.41. The molecule has 3 aromatic rings. The Morgan fingerprint density at radius 1 is 1.15 bits per heavy atom. The standard InChI is InChI=1S/C21H21N3OS2/c1-3-25-16-10-8-15(9-11-16)24-20(18-12-7-14(2)27-18)19(23-21(24)26)17-6-4-5-13-22-17/h4-13,19-20H,3H2,1-2H3,(H,23,26). The van der Waals surface area contributed by atoms with Crippen LogP contribution in [0.25, 0.3) is 0 Å². The summed E-state index contributed by atoms with van der Waals surface area (Å²) in [6, 6.07) is 18.5. The molecule has 3 heterocycles. The second-order valence-corrected chi connectivity index (χ2v) is 8.08. The van der Waals surface area contributed by atoms with Crippen LogP contribution in [-0.2, 0) is 0 Å². The van der Waals surface area contributed by atoms with Crippen molar-refractivity contribution < 1.29 is 4.74 Å². The summed E-state index contributed by atoms with van der Waals surface area (Å²) in [6.07, 6.45) is 1.83. The molecule has 0 radical (unpaired) electrons. The molecule has 4 nitrogen and oxygen atoms in total. The summed E-state index contributed by atoms with van der Waals surface area (Å²) < 4.78 is 5.58. The quantitative estimate of drug-likeness (QED) is 0.614. The van der Waals surface area contributed by atoms with Crippen molar-refractivity contribution in [2.45, 2.75) is 25.9 Å². The van der Waals surface area contributed by atoms with E-state index < -0.39 is 0 Å². The van der Waals surface area contributed by atoms with Crippen molar-refractivity contribution in [1.29, 1.82) is 0 Å². The molecule has 0 spiro atoms. The molecule has 1 aliphatic heterocycles. The van der Waals surface area contributed by atoms with Crippen LogP contribution >= 0.6 is 23.6 Å². The molecule has 0 bridgehead atoms. The predicted molar refractivity (Wildman–Crippen MR) is 115 cm³/mol. The van der Waals surface area contributed by atoms with Gasteiger partial charge in [-0.15, -0.1) is 11.3 Å². The molecule has 1 saturated heterocycles. The van der Waals surface area contributed by atoms with Crippen LogP contribution in [0.2, 0.25) is 0 Å². The second-order valence-electron chi connectivity index (χ2n) is 6.37. The van der Waals surface area contributed by atoms with Crippen molar-refractivity contribution in [3.05, 3.63) is 76.2 Å². The van der Waals surface area contributed by atoms with E-state index in [1.54, 1.807) is 11.3 Å². The SMILES string of the molecule is CCOc1ccc(N2C(=S)NC(c3ccccn3)C2c2ccc(C)s2)cc1. The smallest absolute Gasteiger partial charge is 0.174 e. The fourth-order valence-electron chi connectivity index (χ4n) is 3.40. The Hall–Kier alpha value is -2.44. The molecule has 2 aromatic heterocycles. The summed E-state index contributed by atoms with van der Waals surface area (Å²) in [7, 11) is 0. The van der Waals surface area contributed by atoms with E-state index in [-0.39, 0.29) is 12.1 Å². The summed E-state index contributed by atoms with van der Waals surface area (Å²) in [6.45, 7) is 4.77. The van der Waals surface area contributed by atoms with Crippen LogP contribution in [0.3, 0.4) is 0 Å². The van der Waals surface area contributed by atoms with Gasteiger partial charge in [-0.25, -0.2) is 0 Å². The van der Waals surface area contributed by atoms with E-state index in [1.165, 1.54) is 9.75 Å². The van der Waals surface area contributed by atoms with E-state index in [0.717, 1.165) is 17.1 Å². The third kappa shape index (κ3) is 3.55. The number of pyridine rings is 1. The Bertz CT molecular complexity index is 924. The third-order valence-corrected chi connectivity index (χ3v) is 5.96. The number of nitrogens with one attached hydrogen (secondary N) is 1. The summed E-state index contributed by atoms with van der Waals surface area (Å²) in [5.74, 6) is 0.865. The summed E-state index contributed by atoms with van der Waals surface area (Å²) in [5, 5.41) is 4.20. The van der Waals surface area contributed by atoms with Gasteiger partial charge in [-0.05, 0) is 74.6 Å². The largest absolute Gasteiger partial charge is 0.494 e. The number of rotatable bonds is 5. The average molecular weight is 396 g/mol.